The first-order valence-electron chi connectivity index (χ1n) is 9.83. The number of Topliss-reactive ketones (excluding diaryl/α,β-unsaturated/α-hetero) is 1. The van der Waals surface area contributed by atoms with E-state index in [0.717, 1.165) is 25.1 Å². The predicted molar refractivity (Wildman–Crippen MR) is 106 cm³/mol. The summed E-state index contributed by atoms with van der Waals surface area (Å²) in [4.78, 5) is 24.8. The molecule has 0 spiro atoms. The molecular weight excluding hydrogens is 342 g/mol. The van der Waals surface area contributed by atoms with Crippen molar-refractivity contribution in [2.24, 2.45) is 0 Å². The molecule has 2 atom stereocenters. The number of hydrogen-bond donors (Lipinski definition) is 2. The van der Waals surface area contributed by atoms with Crippen molar-refractivity contribution in [2.75, 3.05) is 13.1 Å². The van der Waals surface area contributed by atoms with Gasteiger partial charge in [0.15, 0.2) is 5.78 Å². The molecule has 0 aliphatic carbocycles. The van der Waals surface area contributed by atoms with Crippen molar-refractivity contribution in [1.82, 2.24) is 4.90 Å². The van der Waals surface area contributed by atoms with Gasteiger partial charge in [-0.1, -0.05) is 42.0 Å². The number of likely N-dealkylation sites (tertiary alicyclic amines) is 1. The minimum Gasteiger partial charge on any atom is -0.481 e. The fourth-order valence-corrected chi connectivity index (χ4v) is 3.57. The van der Waals surface area contributed by atoms with Gasteiger partial charge in [-0.25, -0.2) is 0 Å². The SMILES string of the molecule is Cc1cccc(CC(O)CCN2CCC(=O)C2C/C=C\CCCC(=O)O)c1. The minimum atomic E-state index is -0.773. The molecule has 5 nitrogen and oxygen atoms in total. The third-order valence-corrected chi connectivity index (χ3v) is 5.05. The van der Waals surface area contributed by atoms with E-state index in [4.69, 9.17) is 5.11 Å². The molecule has 5 heteroatoms. The standard InChI is InChI=1S/C22H31NO4/c1-17-7-6-8-18(15-17)16-19(24)11-13-23-14-12-21(25)20(23)9-4-2-3-5-10-22(26)27/h2,4,6-8,15,19-20,24H,3,5,9-14,16H2,1H3,(H,26,27)/b4-2-. The second-order valence-electron chi connectivity index (χ2n) is 7.40. The summed E-state index contributed by atoms with van der Waals surface area (Å²) in [5, 5.41) is 19.0. The number of carboxylic acid groups (broad SMARTS) is 1. The first-order valence-corrected chi connectivity index (χ1v) is 9.83. The van der Waals surface area contributed by atoms with Crippen LogP contribution in [0.15, 0.2) is 36.4 Å². The fourth-order valence-electron chi connectivity index (χ4n) is 3.57. The van der Waals surface area contributed by atoms with E-state index in [2.05, 4.69) is 11.0 Å². The molecule has 148 valence electrons. The Morgan fingerprint density at radius 2 is 2.19 bits per heavy atom. The lowest BCUT2D eigenvalue weighted by atomic mass is 10.0. The van der Waals surface area contributed by atoms with Gasteiger partial charge in [0.2, 0.25) is 0 Å². The summed E-state index contributed by atoms with van der Waals surface area (Å²) in [7, 11) is 0. The smallest absolute Gasteiger partial charge is 0.303 e. The molecule has 1 aliphatic heterocycles. The topological polar surface area (TPSA) is 77.8 Å². The third-order valence-electron chi connectivity index (χ3n) is 5.05. The number of carbonyl (C=O) groups excluding carboxylic acids is 1. The summed E-state index contributed by atoms with van der Waals surface area (Å²) in [6.07, 6.45) is 7.61. The normalized spacial score (nSPS) is 19.0. The molecule has 1 aromatic rings. The van der Waals surface area contributed by atoms with E-state index < -0.39 is 12.1 Å². The van der Waals surface area contributed by atoms with Gasteiger partial charge < -0.3 is 10.2 Å². The number of ketones is 1. The first kappa shape index (κ1) is 21.3. The molecule has 1 saturated heterocycles. The average molecular weight is 373 g/mol. The van der Waals surface area contributed by atoms with Crippen molar-refractivity contribution in [3.8, 4) is 0 Å². The highest BCUT2D eigenvalue weighted by Gasteiger charge is 2.31. The van der Waals surface area contributed by atoms with E-state index >= 15 is 0 Å². The molecule has 0 radical (unpaired) electrons. The van der Waals surface area contributed by atoms with E-state index in [-0.39, 0.29) is 18.2 Å². The lowest BCUT2D eigenvalue weighted by Gasteiger charge is -2.23. The number of nitrogens with zero attached hydrogens (tertiary/aromatic N) is 1. The van der Waals surface area contributed by atoms with Crippen LogP contribution in [-0.2, 0) is 16.0 Å². The van der Waals surface area contributed by atoms with Crippen molar-refractivity contribution in [3.63, 3.8) is 0 Å². The van der Waals surface area contributed by atoms with Crippen LogP contribution in [0.4, 0.5) is 0 Å². The molecular formula is C22H31NO4. The molecule has 2 unspecified atom stereocenters. The van der Waals surface area contributed by atoms with Crippen LogP contribution in [0.25, 0.3) is 0 Å². The van der Waals surface area contributed by atoms with Crippen molar-refractivity contribution in [1.29, 1.82) is 0 Å². The molecule has 1 fully saturated rings. The Hall–Kier alpha value is -1.98. The predicted octanol–water partition coefficient (Wildman–Crippen LogP) is 3.13. The van der Waals surface area contributed by atoms with Crippen molar-refractivity contribution in [2.45, 2.75) is 64.0 Å². The molecule has 0 bridgehead atoms. The van der Waals surface area contributed by atoms with Gasteiger partial charge >= 0.3 is 5.97 Å². The van der Waals surface area contributed by atoms with Gasteiger partial charge in [0.25, 0.3) is 0 Å². The number of aliphatic hydroxyl groups excluding tert-OH is 1. The molecule has 2 rings (SSSR count). The number of allylic oxidation sites excluding steroid dienone is 1. The van der Waals surface area contributed by atoms with Crippen LogP contribution in [0.3, 0.4) is 0 Å². The van der Waals surface area contributed by atoms with Crippen molar-refractivity contribution in [3.05, 3.63) is 47.5 Å². The maximum atomic E-state index is 12.2. The summed E-state index contributed by atoms with van der Waals surface area (Å²) < 4.78 is 0. The zero-order valence-electron chi connectivity index (χ0n) is 16.1. The second-order valence-corrected chi connectivity index (χ2v) is 7.40. The van der Waals surface area contributed by atoms with Crippen LogP contribution in [0.1, 0.15) is 49.7 Å². The monoisotopic (exact) mass is 373 g/mol. The Kier molecular flexibility index (Phi) is 8.69. The van der Waals surface area contributed by atoms with Gasteiger partial charge in [-0.05, 0) is 44.6 Å². The summed E-state index contributed by atoms with van der Waals surface area (Å²) in [6, 6.07) is 8.08. The zero-order valence-corrected chi connectivity index (χ0v) is 16.1. The first-order chi connectivity index (χ1) is 13.0. The second kappa shape index (κ2) is 11.0. The van der Waals surface area contributed by atoms with Crippen LogP contribution < -0.4 is 0 Å². The number of carboxylic acids is 1. The van der Waals surface area contributed by atoms with Gasteiger partial charge in [0, 0.05) is 25.9 Å². The third kappa shape index (κ3) is 7.65. The summed E-state index contributed by atoms with van der Waals surface area (Å²) in [6.45, 7) is 3.52. The zero-order chi connectivity index (χ0) is 19.6. The number of unbranched alkanes of at least 4 members (excludes halogenated alkanes) is 1. The highest BCUT2D eigenvalue weighted by Crippen LogP contribution is 2.19. The molecule has 0 saturated carbocycles. The molecule has 1 heterocycles. The molecule has 27 heavy (non-hydrogen) atoms. The number of aryl methyl sites for hydroxylation is 1. The number of aliphatic hydroxyl groups is 1. The Morgan fingerprint density at radius 3 is 2.93 bits per heavy atom. The van der Waals surface area contributed by atoms with E-state index in [0.29, 0.717) is 32.1 Å². The molecule has 1 aromatic carbocycles. The summed E-state index contributed by atoms with van der Waals surface area (Å²) in [5.74, 6) is -0.511. The summed E-state index contributed by atoms with van der Waals surface area (Å²) in [5.41, 5.74) is 2.33. The largest absolute Gasteiger partial charge is 0.481 e. The van der Waals surface area contributed by atoms with Gasteiger partial charge in [-0.2, -0.15) is 0 Å². The Morgan fingerprint density at radius 1 is 1.37 bits per heavy atom. The summed E-state index contributed by atoms with van der Waals surface area (Å²) >= 11 is 0. The van der Waals surface area contributed by atoms with Gasteiger partial charge in [-0.3, -0.25) is 14.5 Å². The van der Waals surface area contributed by atoms with E-state index in [1.165, 1.54) is 5.56 Å². The lowest BCUT2D eigenvalue weighted by Crippen LogP contribution is -2.35. The van der Waals surface area contributed by atoms with Gasteiger partial charge in [0.1, 0.15) is 0 Å². The number of aliphatic carboxylic acids is 1. The van der Waals surface area contributed by atoms with Gasteiger partial charge in [-0.15, -0.1) is 0 Å². The highest BCUT2D eigenvalue weighted by molar-refractivity contribution is 5.86. The number of rotatable bonds is 11. The van der Waals surface area contributed by atoms with E-state index in [1.54, 1.807) is 0 Å². The van der Waals surface area contributed by atoms with Crippen LogP contribution in [0, 0.1) is 6.92 Å². The number of carbonyl (C=O) groups is 2. The van der Waals surface area contributed by atoms with Crippen LogP contribution >= 0.6 is 0 Å². The Bertz CT molecular complexity index is 655. The molecule has 0 amide bonds. The molecule has 2 N–H and O–H groups in total. The minimum absolute atomic E-state index is 0.105. The molecule has 0 aromatic heterocycles. The van der Waals surface area contributed by atoms with Crippen LogP contribution in [0.5, 0.6) is 0 Å². The maximum absolute atomic E-state index is 12.2. The number of hydrogen-bond acceptors (Lipinski definition) is 4. The van der Waals surface area contributed by atoms with Crippen molar-refractivity contribution >= 4 is 11.8 Å². The lowest BCUT2D eigenvalue weighted by molar-refractivity contribution is -0.137. The quantitative estimate of drug-likeness (QED) is 0.460. The maximum Gasteiger partial charge on any atom is 0.303 e. The highest BCUT2D eigenvalue weighted by atomic mass is 16.4. The van der Waals surface area contributed by atoms with E-state index in [1.807, 2.05) is 37.3 Å². The Labute approximate surface area is 161 Å². The average Bonchev–Trinajstić information content (AvgIpc) is 2.96. The molecule has 1 aliphatic rings. The van der Waals surface area contributed by atoms with Crippen LogP contribution in [0.2, 0.25) is 0 Å². The van der Waals surface area contributed by atoms with E-state index in [9.17, 15) is 14.7 Å². The fraction of sp³-hybridized carbons (Fsp3) is 0.545. The Balaban J connectivity index is 1.74. The number of benzene rings is 1. The van der Waals surface area contributed by atoms with Crippen molar-refractivity contribution < 1.29 is 19.8 Å². The van der Waals surface area contributed by atoms with Crippen LogP contribution in [-0.4, -0.2) is 52.1 Å². The van der Waals surface area contributed by atoms with Gasteiger partial charge in [0.05, 0.1) is 12.1 Å².